The van der Waals surface area contributed by atoms with Crippen LogP contribution in [0.4, 0.5) is 10.5 Å². The first-order valence-electron chi connectivity index (χ1n) is 12.8. The number of rotatable bonds is 11. The van der Waals surface area contributed by atoms with Gasteiger partial charge in [-0.1, -0.05) is 55.1 Å². The number of hydrogen-bond acceptors (Lipinski definition) is 7. The number of benzene rings is 2. The van der Waals surface area contributed by atoms with Gasteiger partial charge in [-0.2, -0.15) is 0 Å². The van der Waals surface area contributed by atoms with Crippen molar-refractivity contribution in [3.63, 3.8) is 0 Å². The smallest absolute Gasteiger partial charge is 0.411 e. The number of carbonyl (C=O) groups is 1. The molecule has 200 valence electrons. The fourth-order valence-corrected chi connectivity index (χ4v) is 4.34. The molecule has 2 N–H and O–H groups in total. The van der Waals surface area contributed by atoms with Crippen molar-refractivity contribution in [2.75, 3.05) is 32.1 Å². The van der Waals surface area contributed by atoms with E-state index in [1.807, 2.05) is 60.8 Å². The van der Waals surface area contributed by atoms with Crippen molar-refractivity contribution in [3.05, 3.63) is 108 Å². The van der Waals surface area contributed by atoms with Gasteiger partial charge in [0.05, 0.1) is 18.8 Å². The summed E-state index contributed by atoms with van der Waals surface area (Å²) in [6, 6.07) is 21.2. The summed E-state index contributed by atoms with van der Waals surface area (Å²) in [4.78, 5) is 18.5. The Bertz CT molecular complexity index is 1150. The lowest BCUT2D eigenvalue weighted by molar-refractivity contribution is -0.252. The zero-order valence-corrected chi connectivity index (χ0v) is 21.7. The molecule has 1 aliphatic rings. The van der Waals surface area contributed by atoms with E-state index >= 15 is 0 Å². The van der Waals surface area contributed by atoms with Crippen LogP contribution < -0.4 is 5.32 Å². The number of aliphatic hydroxyl groups is 1. The van der Waals surface area contributed by atoms with Crippen LogP contribution in [0.3, 0.4) is 0 Å². The summed E-state index contributed by atoms with van der Waals surface area (Å²) in [6.45, 7) is 5.29. The largest absolute Gasteiger partial charge is 0.445 e. The molecule has 1 amide bonds. The van der Waals surface area contributed by atoms with Gasteiger partial charge in [-0.3, -0.25) is 10.3 Å². The van der Waals surface area contributed by atoms with Crippen molar-refractivity contribution in [1.29, 1.82) is 0 Å². The van der Waals surface area contributed by atoms with E-state index in [0.717, 1.165) is 41.9 Å². The number of nitrogens with zero attached hydrogens (tertiary/aromatic N) is 2. The summed E-state index contributed by atoms with van der Waals surface area (Å²) in [5, 5.41) is 12.1. The molecule has 0 spiro atoms. The number of nitrogens with one attached hydrogen (secondary N) is 1. The van der Waals surface area contributed by atoms with E-state index in [9.17, 15) is 9.90 Å². The molecular weight excluding hydrogens is 482 g/mol. The second-order valence-electron chi connectivity index (χ2n) is 9.32. The number of amides is 1. The number of aromatic nitrogens is 1. The monoisotopic (exact) mass is 517 g/mol. The molecule has 8 heteroatoms. The van der Waals surface area contributed by atoms with Gasteiger partial charge in [-0.15, -0.1) is 0 Å². The van der Waals surface area contributed by atoms with Crippen molar-refractivity contribution >= 4 is 11.8 Å². The summed E-state index contributed by atoms with van der Waals surface area (Å²) in [6.07, 6.45) is 3.57. The molecule has 0 radical (unpaired) electrons. The van der Waals surface area contributed by atoms with Gasteiger partial charge in [0.15, 0.2) is 6.29 Å². The first-order chi connectivity index (χ1) is 18.5. The lowest BCUT2D eigenvalue weighted by atomic mass is 9.99. The lowest BCUT2D eigenvalue weighted by Gasteiger charge is -2.38. The van der Waals surface area contributed by atoms with Crippen LogP contribution in [0, 0.1) is 0 Å². The zero-order chi connectivity index (χ0) is 26.7. The number of likely N-dealkylation sites (N-methyl/N-ethyl adjacent to an activating group) is 1. The van der Waals surface area contributed by atoms with E-state index in [1.54, 1.807) is 12.1 Å². The van der Waals surface area contributed by atoms with Gasteiger partial charge in [-0.25, -0.2) is 4.79 Å². The topological polar surface area (TPSA) is 93.2 Å². The summed E-state index contributed by atoms with van der Waals surface area (Å²) in [7, 11) is 2.09. The Hall–Kier alpha value is -3.56. The van der Waals surface area contributed by atoms with Crippen molar-refractivity contribution in [1.82, 2.24) is 9.88 Å². The summed E-state index contributed by atoms with van der Waals surface area (Å²) >= 11 is 0. The Labute approximate surface area is 223 Å². The quantitative estimate of drug-likeness (QED) is 0.345. The maximum Gasteiger partial charge on any atom is 0.411 e. The third-order valence-corrected chi connectivity index (χ3v) is 6.37. The molecular formula is C30H35N3O5. The predicted molar refractivity (Wildman–Crippen MR) is 145 cm³/mol. The van der Waals surface area contributed by atoms with Crippen LogP contribution in [0.1, 0.15) is 41.2 Å². The Morgan fingerprint density at radius 1 is 1.13 bits per heavy atom. The van der Waals surface area contributed by atoms with Crippen LogP contribution >= 0.6 is 0 Å². The minimum Gasteiger partial charge on any atom is -0.445 e. The number of carbonyl (C=O) groups excluding carboxylic acids is 1. The normalized spacial score (nSPS) is 19.2. The summed E-state index contributed by atoms with van der Waals surface area (Å²) < 4.78 is 17.8. The van der Waals surface area contributed by atoms with E-state index < -0.39 is 12.4 Å². The SMILES string of the molecule is C=CCOC(=O)Nc1ccc([C@@H]2O[C@H](CN(C)CCc3ccccn3)C[C@H](c3ccc(CO)cc3)O2)cc1. The maximum absolute atomic E-state index is 11.8. The maximum atomic E-state index is 11.8. The average molecular weight is 518 g/mol. The Kier molecular flexibility index (Phi) is 10.0. The summed E-state index contributed by atoms with van der Waals surface area (Å²) in [5.41, 5.74) is 4.43. The molecule has 1 fully saturated rings. The number of aliphatic hydroxyl groups excluding tert-OH is 1. The van der Waals surface area contributed by atoms with Crippen molar-refractivity contribution in [2.45, 2.75) is 37.9 Å². The van der Waals surface area contributed by atoms with Gasteiger partial charge in [0.2, 0.25) is 0 Å². The number of pyridine rings is 1. The Morgan fingerprint density at radius 2 is 1.89 bits per heavy atom. The molecule has 1 aliphatic heterocycles. The fraction of sp³-hybridized carbons (Fsp3) is 0.333. The second-order valence-corrected chi connectivity index (χ2v) is 9.32. The van der Waals surface area contributed by atoms with Crippen molar-refractivity contribution < 1.29 is 24.1 Å². The van der Waals surface area contributed by atoms with Gasteiger partial charge in [0, 0.05) is 49.1 Å². The fourth-order valence-electron chi connectivity index (χ4n) is 4.34. The van der Waals surface area contributed by atoms with Crippen LogP contribution in [0.5, 0.6) is 0 Å². The van der Waals surface area contributed by atoms with E-state index in [-0.39, 0.29) is 25.4 Å². The molecule has 0 bridgehead atoms. The van der Waals surface area contributed by atoms with E-state index in [0.29, 0.717) is 12.1 Å². The molecule has 2 aromatic carbocycles. The molecule has 0 saturated carbocycles. The van der Waals surface area contributed by atoms with Crippen molar-refractivity contribution in [2.24, 2.45) is 0 Å². The highest BCUT2D eigenvalue weighted by molar-refractivity contribution is 5.84. The van der Waals surface area contributed by atoms with E-state index in [4.69, 9.17) is 14.2 Å². The highest BCUT2D eigenvalue weighted by Crippen LogP contribution is 2.38. The molecule has 1 aromatic heterocycles. The van der Waals surface area contributed by atoms with Crippen LogP contribution in [-0.4, -0.2) is 53.9 Å². The van der Waals surface area contributed by atoms with Crippen LogP contribution in [-0.2, 0) is 27.2 Å². The molecule has 38 heavy (non-hydrogen) atoms. The molecule has 0 unspecified atom stereocenters. The van der Waals surface area contributed by atoms with Gasteiger partial charge in [-0.05, 0) is 42.4 Å². The standard InChI is InChI=1S/C30H35N3O5/c1-3-18-36-30(35)32-26-13-11-24(12-14-26)29-37-27(20-33(2)17-15-25-6-4-5-16-31-25)19-28(38-29)23-9-7-22(21-34)8-10-23/h3-14,16,27-29,34H,1,15,17-21H2,2H3,(H,32,35)/t27-,28+,29+/m0/s1. The van der Waals surface area contributed by atoms with Crippen molar-refractivity contribution in [3.8, 4) is 0 Å². The molecule has 8 nitrogen and oxygen atoms in total. The molecule has 0 aliphatic carbocycles. The van der Waals surface area contributed by atoms with E-state index in [2.05, 4.69) is 28.8 Å². The minimum atomic E-state index is -0.567. The number of anilines is 1. The minimum absolute atomic E-state index is 0.00273. The van der Waals surface area contributed by atoms with Crippen LogP contribution in [0.2, 0.25) is 0 Å². The molecule has 3 atom stereocenters. The molecule has 3 aromatic rings. The van der Waals surface area contributed by atoms with Crippen LogP contribution in [0.25, 0.3) is 0 Å². The lowest BCUT2D eigenvalue weighted by Crippen LogP contribution is -2.38. The molecule has 4 rings (SSSR count). The average Bonchev–Trinajstić information content (AvgIpc) is 2.96. The van der Waals surface area contributed by atoms with E-state index in [1.165, 1.54) is 6.08 Å². The molecule has 1 saturated heterocycles. The Balaban J connectivity index is 1.44. The van der Waals surface area contributed by atoms with Gasteiger partial charge >= 0.3 is 6.09 Å². The first-order valence-corrected chi connectivity index (χ1v) is 12.8. The highest BCUT2D eigenvalue weighted by atomic mass is 16.7. The van der Waals surface area contributed by atoms with Crippen LogP contribution in [0.15, 0.2) is 85.6 Å². The van der Waals surface area contributed by atoms with Gasteiger partial charge < -0.3 is 24.2 Å². The third kappa shape index (κ3) is 7.97. The number of hydrogen-bond donors (Lipinski definition) is 2. The summed E-state index contributed by atoms with van der Waals surface area (Å²) in [5.74, 6) is 0. The van der Waals surface area contributed by atoms with Gasteiger partial charge in [0.25, 0.3) is 0 Å². The predicted octanol–water partition coefficient (Wildman–Crippen LogP) is 5.03. The molecule has 2 heterocycles. The first kappa shape index (κ1) is 27.5. The van der Waals surface area contributed by atoms with Gasteiger partial charge in [0.1, 0.15) is 6.61 Å². The zero-order valence-electron chi connectivity index (χ0n) is 21.7. The third-order valence-electron chi connectivity index (χ3n) is 6.37. The highest BCUT2D eigenvalue weighted by Gasteiger charge is 2.32. The Morgan fingerprint density at radius 3 is 2.58 bits per heavy atom. The number of ether oxygens (including phenoxy) is 3. The second kappa shape index (κ2) is 13.8.